The number of nitrogens with one attached hydrogen (secondary N) is 2. The average molecular weight is 524 g/mol. The van der Waals surface area contributed by atoms with Crippen molar-refractivity contribution in [2.75, 3.05) is 25.0 Å². The number of rotatable bonds is 7. The van der Waals surface area contributed by atoms with E-state index in [0.717, 1.165) is 33.3 Å². The van der Waals surface area contributed by atoms with Crippen LogP contribution < -0.4 is 10.6 Å². The first kappa shape index (κ1) is 23.4. The van der Waals surface area contributed by atoms with Gasteiger partial charge in [0, 0.05) is 50.7 Å². The molecule has 11 heteroatoms. The van der Waals surface area contributed by atoms with Crippen molar-refractivity contribution in [2.24, 2.45) is 13.0 Å². The van der Waals surface area contributed by atoms with Crippen LogP contribution >= 0.6 is 22.7 Å². The number of piperidine rings is 2. The summed E-state index contributed by atoms with van der Waals surface area (Å²) >= 11 is 2.81. The van der Waals surface area contributed by atoms with Gasteiger partial charge in [-0.1, -0.05) is 0 Å². The third-order valence-corrected chi connectivity index (χ3v) is 9.62. The standard InChI is InChI=1S/C25H29N7O2S2/c1-15-9-20(23(34)26-7-8-31-12-16-3-5-18(31)6-4-16)35-24(15)29-22(33)19-11-28-32-14-21(36-25(19)32)17-10-27-30(2)13-17/h9-11,13-14,16,18H,3-8,12H2,1-2H3,(H,26,34)(H,29,33). The van der Waals surface area contributed by atoms with E-state index in [-0.39, 0.29) is 11.8 Å². The monoisotopic (exact) mass is 523 g/mol. The molecule has 36 heavy (non-hydrogen) atoms. The third kappa shape index (κ3) is 4.46. The van der Waals surface area contributed by atoms with Crippen LogP contribution in [0.15, 0.2) is 30.9 Å². The molecule has 0 aromatic carbocycles. The van der Waals surface area contributed by atoms with Crippen molar-refractivity contribution in [1.82, 2.24) is 29.6 Å². The van der Waals surface area contributed by atoms with Gasteiger partial charge >= 0.3 is 0 Å². The largest absolute Gasteiger partial charge is 0.350 e. The van der Waals surface area contributed by atoms with Gasteiger partial charge in [0.15, 0.2) is 0 Å². The Morgan fingerprint density at radius 3 is 2.64 bits per heavy atom. The number of hydrogen-bond donors (Lipinski definition) is 2. The second-order valence-corrected chi connectivity index (χ2v) is 11.9. The second-order valence-electron chi connectivity index (χ2n) is 9.81. The van der Waals surface area contributed by atoms with Crippen molar-refractivity contribution in [2.45, 2.75) is 38.6 Å². The van der Waals surface area contributed by atoms with Crippen LogP contribution in [0, 0.1) is 12.8 Å². The maximum Gasteiger partial charge on any atom is 0.261 e. The summed E-state index contributed by atoms with van der Waals surface area (Å²) in [7, 11) is 1.87. The van der Waals surface area contributed by atoms with Crippen LogP contribution in [0.1, 0.15) is 51.3 Å². The van der Waals surface area contributed by atoms with Crippen LogP contribution in [-0.2, 0) is 7.05 Å². The molecule has 4 aromatic rings. The second kappa shape index (κ2) is 9.45. The number of aryl methyl sites for hydroxylation is 2. The topological polar surface area (TPSA) is 96.6 Å². The summed E-state index contributed by atoms with van der Waals surface area (Å²) < 4.78 is 3.46. The summed E-state index contributed by atoms with van der Waals surface area (Å²) in [5, 5.41) is 15.3. The zero-order chi connectivity index (χ0) is 24.8. The summed E-state index contributed by atoms with van der Waals surface area (Å²) in [6.07, 6.45) is 12.5. The van der Waals surface area contributed by atoms with Gasteiger partial charge in [0.25, 0.3) is 11.8 Å². The molecule has 3 fully saturated rings. The Bertz CT molecular complexity index is 1420. The number of thiophene rings is 1. The fourth-order valence-corrected chi connectivity index (χ4v) is 7.38. The molecule has 6 heterocycles. The number of carbonyl (C=O) groups is 2. The molecule has 0 radical (unpaired) electrons. The maximum absolute atomic E-state index is 13.1. The zero-order valence-electron chi connectivity index (χ0n) is 20.4. The van der Waals surface area contributed by atoms with E-state index in [9.17, 15) is 9.59 Å². The van der Waals surface area contributed by atoms with Gasteiger partial charge in [-0.25, -0.2) is 4.52 Å². The van der Waals surface area contributed by atoms with E-state index in [0.29, 0.717) is 28.0 Å². The van der Waals surface area contributed by atoms with Crippen LogP contribution in [0.2, 0.25) is 0 Å². The van der Waals surface area contributed by atoms with Gasteiger partial charge < -0.3 is 10.6 Å². The van der Waals surface area contributed by atoms with Crippen molar-refractivity contribution in [1.29, 1.82) is 0 Å². The minimum Gasteiger partial charge on any atom is -0.350 e. The van der Waals surface area contributed by atoms with E-state index >= 15 is 0 Å². The van der Waals surface area contributed by atoms with Gasteiger partial charge in [-0.2, -0.15) is 10.2 Å². The number of anilines is 1. The minimum atomic E-state index is -0.235. The molecule has 9 nitrogen and oxygen atoms in total. The summed E-state index contributed by atoms with van der Waals surface area (Å²) in [6, 6.07) is 2.54. The fraction of sp³-hybridized carbons (Fsp3) is 0.440. The lowest BCUT2D eigenvalue weighted by Crippen LogP contribution is -2.50. The highest BCUT2D eigenvalue weighted by atomic mass is 32.1. The number of amides is 2. The first-order valence-corrected chi connectivity index (χ1v) is 14.0. The van der Waals surface area contributed by atoms with E-state index < -0.39 is 0 Å². The number of hydrogen-bond acceptors (Lipinski definition) is 7. The number of aromatic nitrogens is 4. The van der Waals surface area contributed by atoms with E-state index in [1.165, 1.54) is 54.9 Å². The van der Waals surface area contributed by atoms with E-state index in [4.69, 9.17) is 0 Å². The number of fused-ring (bicyclic) bond motifs is 4. The first-order chi connectivity index (χ1) is 17.4. The van der Waals surface area contributed by atoms with Crippen LogP contribution in [-0.4, -0.2) is 61.8 Å². The fourth-order valence-electron chi connectivity index (χ4n) is 5.36. The highest BCUT2D eigenvalue weighted by molar-refractivity contribution is 7.21. The molecule has 2 bridgehead atoms. The van der Waals surface area contributed by atoms with Gasteiger partial charge in [-0.15, -0.1) is 22.7 Å². The lowest BCUT2D eigenvalue weighted by Gasteiger charge is -2.45. The molecule has 1 saturated carbocycles. The lowest BCUT2D eigenvalue weighted by atomic mass is 9.80. The van der Waals surface area contributed by atoms with Crippen molar-refractivity contribution in [3.63, 3.8) is 0 Å². The Labute approximate surface area is 217 Å². The number of nitrogens with zero attached hydrogens (tertiary/aromatic N) is 5. The zero-order valence-corrected chi connectivity index (χ0v) is 22.0. The molecule has 0 atom stereocenters. The van der Waals surface area contributed by atoms with E-state index in [1.807, 2.05) is 32.4 Å². The van der Waals surface area contributed by atoms with Gasteiger partial charge in [0.05, 0.1) is 32.7 Å². The number of thiazole rings is 1. The first-order valence-electron chi connectivity index (χ1n) is 12.3. The smallest absolute Gasteiger partial charge is 0.261 e. The van der Waals surface area contributed by atoms with Crippen LogP contribution in [0.4, 0.5) is 5.00 Å². The predicted octanol–water partition coefficient (Wildman–Crippen LogP) is 4.02. The van der Waals surface area contributed by atoms with Crippen molar-refractivity contribution >= 4 is 44.3 Å². The molecule has 2 N–H and O–H groups in total. The van der Waals surface area contributed by atoms with Crippen molar-refractivity contribution in [3.05, 3.63) is 46.9 Å². The average Bonchev–Trinajstić information content (AvgIpc) is 3.64. The van der Waals surface area contributed by atoms with Crippen molar-refractivity contribution < 1.29 is 9.59 Å². The Hall–Kier alpha value is -3.02. The van der Waals surface area contributed by atoms with Gasteiger partial charge in [0.2, 0.25) is 0 Å². The van der Waals surface area contributed by atoms with E-state index in [1.54, 1.807) is 21.6 Å². The molecule has 1 aliphatic carbocycles. The molecule has 0 unspecified atom stereocenters. The van der Waals surface area contributed by atoms with Crippen LogP contribution in [0.5, 0.6) is 0 Å². The van der Waals surface area contributed by atoms with Crippen molar-refractivity contribution in [3.8, 4) is 10.4 Å². The van der Waals surface area contributed by atoms with Gasteiger partial charge in [-0.05, 0) is 50.2 Å². The molecule has 3 aliphatic rings. The molecule has 188 valence electrons. The summed E-state index contributed by atoms with van der Waals surface area (Å²) in [4.78, 5) is 30.8. The van der Waals surface area contributed by atoms with Crippen LogP contribution in [0.3, 0.4) is 0 Å². The van der Waals surface area contributed by atoms with E-state index in [2.05, 4.69) is 25.7 Å². The Morgan fingerprint density at radius 2 is 1.92 bits per heavy atom. The van der Waals surface area contributed by atoms with Gasteiger partial charge in [0.1, 0.15) is 4.83 Å². The SMILES string of the molecule is Cc1cc(C(=O)NCCN2CC3CCC2CC3)sc1NC(=O)c1cnn2cc(-c3cnn(C)c3)sc12. The molecule has 2 aliphatic heterocycles. The maximum atomic E-state index is 13.1. The highest BCUT2D eigenvalue weighted by Crippen LogP contribution is 2.35. The summed E-state index contributed by atoms with van der Waals surface area (Å²) in [5.41, 5.74) is 2.36. The Kier molecular flexibility index (Phi) is 6.14. The molecule has 4 aromatic heterocycles. The molecule has 0 spiro atoms. The molecule has 2 amide bonds. The Balaban J connectivity index is 1.09. The number of carbonyl (C=O) groups excluding carboxylic acids is 2. The third-order valence-electron chi connectivity index (χ3n) is 7.31. The lowest BCUT2D eigenvalue weighted by molar-refractivity contribution is 0.0495. The summed E-state index contributed by atoms with van der Waals surface area (Å²) in [5.74, 6) is 0.518. The van der Waals surface area contributed by atoms with Crippen LogP contribution in [0.25, 0.3) is 15.3 Å². The Morgan fingerprint density at radius 1 is 1.08 bits per heavy atom. The normalized spacial score (nSPS) is 19.7. The molecular formula is C25H29N7O2S2. The summed E-state index contributed by atoms with van der Waals surface area (Å²) in [6.45, 7) is 4.63. The highest BCUT2D eigenvalue weighted by Gasteiger charge is 2.33. The molecule has 7 rings (SSSR count). The van der Waals surface area contributed by atoms with Gasteiger partial charge in [-0.3, -0.25) is 19.2 Å². The minimum absolute atomic E-state index is 0.0851. The molecular weight excluding hydrogens is 494 g/mol. The predicted molar refractivity (Wildman–Crippen MR) is 142 cm³/mol. The molecule has 2 saturated heterocycles. The quantitative estimate of drug-likeness (QED) is 0.381.